The number of hydrogen-bond donors (Lipinski definition) is 1. The number of hydrogen-bond acceptors (Lipinski definition) is 3. The summed E-state index contributed by atoms with van der Waals surface area (Å²) in [6, 6.07) is -0.352. The molecule has 96 valence electrons. The monoisotopic (exact) mass is 229 g/mol. The normalized spacial score (nSPS) is 14.9. The van der Waals surface area contributed by atoms with E-state index in [4.69, 9.17) is 5.73 Å². The van der Waals surface area contributed by atoms with Crippen LogP contribution in [0.2, 0.25) is 0 Å². The van der Waals surface area contributed by atoms with E-state index in [1.54, 1.807) is 4.90 Å². The first kappa shape index (κ1) is 15.4. The maximum atomic E-state index is 11.9. The van der Waals surface area contributed by atoms with E-state index in [1.807, 2.05) is 28.1 Å². The van der Waals surface area contributed by atoms with Crippen molar-refractivity contribution in [2.24, 2.45) is 11.7 Å². The van der Waals surface area contributed by atoms with Crippen molar-refractivity contribution in [1.29, 1.82) is 0 Å². The van der Waals surface area contributed by atoms with Gasteiger partial charge in [0.15, 0.2) is 0 Å². The van der Waals surface area contributed by atoms with Crippen LogP contribution in [0.1, 0.15) is 26.7 Å². The molecule has 4 heteroatoms. The Morgan fingerprint density at radius 1 is 1.25 bits per heavy atom. The first-order valence-electron chi connectivity index (χ1n) is 6.05. The van der Waals surface area contributed by atoms with Gasteiger partial charge in [0, 0.05) is 13.6 Å². The molecule has 0 aromatic rings. The average Bonchev–Trinajstić information content (AvgIpc) is 2.25. The fourth-order valence-corrected chi connectivity index (χ4v) is 1.49. The summed E-state index contributed by atoms with van der Waals surface area (Å²) in [4.78, 5) is 15.8. The minimum atomic E-state index is -0.352. The third kappa shape index (κ3) is 5.47. The van der Waals surface area contributed by atoms with E-state index in [0.29, 0.717) is 0 Å². The average molecular weight is 229 g/mol. The minimum absolute atomic E-state index is 0.0631. The Labute approximate surface area is 99.8 Å². The fraction of sp³-hybridized carbons (Fsp3) is 0.917. The van der Waals surface area contributed by atoms with Crippen LogP contribution >= 0.6 is 0 Å². The summed E-state index contributed by atoms with van der Waals surface area (Å²) in [5, 5.41) is 0. The van der Waals surface area contributed by atoms with Crippen LogP contribution in [0.15, 0.2) is 0 Å². The molecule has 0 rings (SSSR count). The number of nitrogens with zero attached hydrogens (tertiary/aromatic N) is 2. The molecule has 0 aliphatic carbocycles. The topological polar surface area (TPSA) is 49.6 Å². The van der Waals surface area contributed by atoms with Crippen LogP contribution < -0.4 is 5.73 Å². The van der Waals surface area contributed by atoms with E-state index in [0.717, 1.165) is 25.9 Å². The van der Waals surface area contributed by atoms with Crippen molar-refractivity contribution < 1.29 is 4.79 Å². The Morgan fingerprint density at radius 2 is 1.81 bits per heavy atom. The molecule has 0 heterocycles. The summed E-state index contributed by atoms with van der Waals surface area (Å²) in [6.45, 7) is 5.86. The van der Waals surface area contributed by atoms with E-state index >= 15 is 0 Å². The maximum Gasteiger partial charge on any atom is 0.239 e. The number of amides is 1. The molecule has 16 heavy (non-hydrogen) atoms. The molecule has 0 aliphatic rings. The largest absolute Gasteiger partial charge is 0.344 e. The number of nitrogens with two attached hydrogens (primary N) is 1. The lowest BCUT2D eigenvalue weighted by Crippen LogP contribution is -2.46. The second kappa shape index (κ2) is 7.63. The van der Waals surface area contributed by atoms with E-state index in [9.17, 15) is 4.79 Å². The highest BCUT2D eigenvalue weighted by atomic mass is 16.2. The van der Waals surface area contributed by atoms with Crippen molar-refractivity contribution in [2.45, 2.75) is 32.7 Å². The molecule has 0 radical (unpaired) electrons. The van der Waals surface area contributed by atoms with E-state index in [1.165, 1.54) is 0 Å². The highest BCUT2D eigenvalue weighted by Crippen LogP contribution is 2.07. The van der Waals surface area contributed by atoms with Gasteiger partial charge in [0.1, 0.15) is 0 Å². The van der Waals surface area contributed by atoms with Gasteiger partial charge in [0.05, 0.1) is 6.04 Å². The van der Waals surface area contributed by atoms with E-state index in [-0.39, 0.29) is 17.9 Å². The zero-order valence-corrected chi connectivity index (χ0v) is 11.4. The maximum absolute atomic E-state index is 11.9. The predicted octanol–water partition coefficient (Wildman–Crippen LogP) is 0.770. The van der Waals surface area contributed by atoms with Gasteiger partial charge >= 0.3 is 0 Å². The summed E-state index contributed by atoms with van der Waals surface area (Å²) in [7, 11) is 5.90. The van der Waals surface area contributed by atoms with Crippen molar-refractivity contribution in [2.75, 3.05) is 34.2 Å². The Kier molecular flexibility index (Phi) is 7.34. The summed E-state index contributed by atoms with van der Waals surface area (Å²) in [6.07, 6.45) is 1.93. The lowest BCUT2D eigenvalue weighted by molar-refractivity contribution is -0.132. The summed E-state index contributed by atoms with van der Waals surface area (Å²) in [5.41, 5.74) is 5.90. The van der Waals surface area contributed by atoms with Gasteiger partial charge in [-0.1, -0.05) is 20.3 Å². The molecular weight excluding hydrogens is 202 g/mol. The summed E-state index contributed by atoms with van der Waals surface area (Å²) in [5.74, 6) is 0.317. The molecule has 2 atom stereocenters. The van der Waals surface area contributed by atoms with Gasteiger partial charge < -0.3 is 15.5 Å². The second-order valence-electron chi connectivity index (χ2n) is 4.83. The molecule has 0 aromatic carbocycles. The van der Waals surface area contributed by atoms with Crippen LogP contribution in [0.4, 0.5) is 0 Å². The molecule has 0 saturated heterocycles. The summed E-state index contributed by atoms with van der Waals surface area (Å²) >= 11 is 0. The van der Waals surface area contributed by atoms with Crippen LogP contribution in [0, 0.1) is 5.92 Å². The van der Waals surface area contributed by atoms with Crippen LogP contribution in [-0.2, 0) is 4.79 Å². The number of likely N-dealkylation sites (N-methyl/N-ethyl adjacent to an activating group) is 1. The zero-order valence-electron chi connectivity index (χ0n) is 11.4. The predicted molar refractivity (Wildman–Crippen MR) is 68.2 cm³/mol. The van der Waals surface area contributed by atoms with Gasteiger partial charge in [-0.2, -0.15) is 0 Å². The number of carbonyl (C=O) groups is 1. The Balaban J connectivity index is 3.98. The first-order chi connectivity index (χ1) is 7.40. The smallest absolute Gasteiger partial charge is 0.239 e. The first-order valence-corrected chi connectivity index (χ1v) is 6.05. The Morgan fingerprint density at radius 3 is 2.25 bits per heavy atom. The second-order valence-corrected chi connectivity index (χ2v) is 4.83. The number of rotatable bonds is 7. The van der Waals surface area contributed by atoms with Crippen LogP contribution in [-0.4, -0.2) is 56.0 Å². The van der Waals surface area contributed by atoms with Gasteiger partial charge in [-0.05, 0) is 33.0 Å². The van der Waals surface area contributed by atoms with Crippen molar-refractivity contribution in [3.8, 4) is 0 Å². The van der Waals surface area contributed by atoms with Gasteiger partial charge in [0.2, 0.25) is 5.91 Å². The van der Waals surface area contributed by atoms with Gasteiger partial charge in [-0.25, -0.2) is 0 Å². The molecule has 1 unspecified atom stereocenters. The molecule has 0 aliphatic heterocycles. The molecule has 0 fully saturated rings. The Hall–Kier alpha value is -0.610. The molecule has 0 saturated carbocycles. The third-order valence-corrected chi connectivity index (χ3v) is 3.02. The molecule has 0 bridgehead atoms. The minimum Gasteiger partial charge on any atom is -0.344 e. The van der Waals surface area contributed by atoms with Gasteiger partial charge in [0.25, 0.3) is 0 Å². The van der Waals surface area contributed by atoms with Gasteiger partial charge in [-0.15, -0.1) is 0 Å². The molecular formula is C12H27N3O. The molecule has 0 spiro atoms. The SMILES string of the molecule is CCC(C)[C@H](N)C(=O)N(C)CCCN(C)C. The Bertz CT molecular complexity index is 206. The zero-order chi connectivity index (χ0) is 12.7. The van der Waals surface area contributed by atoms with Crippen LogP contribution in [0.5, 0.6) is 0 Å². The molecule has 2 N–H and O–H groups in total. The lowest BCUT2D eigenvalue weighted by Gasteiger charge is -2.25. The third-order valence-electron chi connectivity index (χ3n) is 3.02. The van der Waals surface area contributed by atoms with Crippen molar-refractivity contribution in [3.63, 3.8) is 0 Å². The summed E-state index contributed by atoms with van der Waals surface area (Å²) < 4.78 is 0. The highest BCUT2D eigenvalue weighted by Gasteiger charge is 2.22. The highest BCUT2D eigenvalue weighted by molar-refractivity contribution is 5.81. The van der Waals surface area contributed by atoms with E-state index in [2.05, 4.69) is 11.8 Å². The van der Waals surface area contributed by atoms with Crippen LogP contribution in [0.25, 0.3) is 0 Å². The van der Waals surface area contributed by atoms with Gasteiger partial charge in [-0.3, -0.25) is 4.79 Å². The number of carbonyl (C=O) groups excluding carboxylic acids is 1. The molecule has 1 amide bonds. The van der Waals surface area contributed by atoms with Crippen LogP contribution in [0.3, 0.4) is 0 Å². The quantitative estimate of drug-likeness (QED) is 0.701. The lowest BCUT2D eigenvalue weighted by atomic mass is 9.99. The van der Waals surface area contributed by atoms with E-state index < -0.39 is 0 Å². The van der Waals surface area contributed by atoms with Crippen molar-refractivity contribution >= 4 is 5.91 Å². The molecule has 4 nitrogen and oxygen atoms in total. The van der Waals surface area contributed by atoms with Crippen molar-refractivity contribution in [1.82, 2.24) is 9.80 Å². The fourth-order valence-electron chi connectivity index (χ4n) is 1.49. The standard InChI is InChI=1S/C12H27N3O/c1-6-10(2)11(13)12(16)15(5)9-7-8-14(3)4/h10-11H,6-9,13H2,1-5H3/t10?,11-/m0/s1. The van der Waals surface area contributed by atoms with Crippen molar-refractivity contribution in [3.05, 3.63) is 0 Å². The molecule has 0 aromatic heterocycles.